The van der Waals surface area contributed by atoms with Crippen molar-refractivity contribution in [3.8, 4) is 28.7 Å². The first-order chi connectivity index (χ1) is 14.6. The Bertz CT molecular complexity index is 1140. The lowest BCUT2D eigenvalue weighted by Crippen LogP contribution is -2.31. The van der Waals surface area contributed by atoms with Crippen molar-refractivity contribution in [3.63, 3.8) is 0 Å². The van der Waals surface area contributed by atoms with Crippen LogP contribution in [0.3, 0.4) is 0 Å². The number of fused-ring (bicyclic) bond motifs is 2. The predicted molar refractivity (Wildman–Crippen MR) is 117 cm³/mol. The minimum atomic E-state index is -0.807. The van der Waals surface area contributed by atoms with Gasteiger partial charge in [-0.1, -0.05) is 17.7 Å². The molecule has 2 aromatic rings. The number of hydrogen-bond acceptors (Lipinski definition) is 6. The zero-order chi connectivity index (χ0) is 22.5. The maximum Gasteiger partial charge on any atom is 0.181 e. The molecule has 2 aliphatic heterocycles. The summed E-state index contributed by atoms with van der Waals surface area (Å²) in [5, 5.41) is 30.9. The molecular formula is C25H26O6. The lowest BCUT2D eigenvalue weighted by Gasteiger charge is -2.34. The van der Waals surface area contributed by atoms with Crippen LogP contribution in [0.5, 0.6) is 28.7 Å². The van der Waals surface area contributed by atoms with Gasteiger partial charge in [-0.3, -0.25) is 4.79 Å². The van der Waals surface area contributed by atoms with Gasteiger partial charge in [0.05, 0.1) is 11.5 Å². The Morgan fingerprint density at radius 3 is 2.61 bits per heavy atom. The molecule has 3 N–H and O–H groups in total. The molecule has 0 aliphatic carbocycles. The lowest BCUT2D eigenvalue weighted by molar-refractivity contribution is 0.0887. The summed E-state index contributed by atoms with van der Waals surface area (Å²) >= 11 is 0. The average Bonchev–Trinajstić information content (AvgIpc) is 2.67. The van der Waals surface area contributed by atoms with Crippen LogP contribution in [0.15, 0.2) is 35.9 Å². The highest BCUT2D eigenvalue weighted by Gasteiger charge is 2.39. The molecule has 4 rings (SSSR count). The second-order valence-electron chi connectivity index (χ2n) is 8.77. The molecule has 0 radical (unpaired) electrons. The van der Waals surface area contributed by atoms with Gasteiger partial charge in [0.25, 0.3) is 0 Å². The average molecular weight is 422 g/mol. The van der Waals surface area contributed by atoms with E-state index in [1.54, 1.807) is 6.08 Å². The number of phenols is 3. The molecule has 162 valence electrons. The summed E-state index contributed by atoms with van der Waals surface area (Å²) in [7, 11) is 0. The molecule has 0 saturated carbocycles. The number of benzene rings is 2. The first-order valence-corrected chi connectivity index (χ1v) is 10.2. The van der Waals surface area contributed by atoms with Crippen LogP contribution in [0.4, 0.5) is 0 Å². The number of hydrogen-bond donors (Lipinski definition) is 3. The maximum absolute atomic E-state index is 13.5. The van der Waals surface area contributed by atoms with Gasteiger partial charge in [0.1, 0.15) is 46.5 Å². The number of rotatable bonds is 3. The third-order valence-corrected chi connectivity index (χ3v) is 5.59. The second kappa shape index (κ2) is 7.38. The molecule has 2 aromatic carbocycles. The van der Waals surface area contributed by atoms with Gasteiger partial charge in [-0.05, 0) is 52.3 Å². The number of carbonyl (C=O) groups excluding carboxylic acids is 1. The zero-order valence-electron chi connectivity index (χ0n) is 18.0. The summed E-state index contributed by atoms with van der Waals surface area (Å²) in [5.74, 6) is -0.809. The summed E-state index contributed by atoms with van der Waals surface area (Å²) in [6, 6.07) is 4.08. The Hall–Kier alpha value is -3.41. The SMILES string of the molecule is CC(C)=CCc1c2c(c(O)c3c1OC[C@@H](c1ccc(O)cc1O)C3=O)C=CC(C)(C)O2. The smallest absolute Gasteiger partial charge is 0.181 e. The van der Waals surface area contributed by atoms with E-state index in [2.05, 4.69) is 0 Å². The first-order valence-electron chi connectivity index (χ1n) is 10.2. The Morgan fingerprint density at radius 1 is 1.19 bits per heavy atom. The number of phenolic OH excluding ortho intramolecular Hbond substituents is 3. The van der Waals surface area contributed by atoms with E-state index in [9.17, 15) is 20.1 Å². The van der Waals surface area contributed by atoms with Crippen molar-refractivity contribution in [1.82, 2.24) is 0 Å². The second-order valence-corrected chi connectivity index (χ2v) is 8.77. The van der Waals surface area contributed by atoms with Gasteiger partial charge in [-0.2, -0.15) is 0 Å². The molecule has 2 aliphatic rings. The zero-order valence-corrected chi connectivity index (χ0v) is 18.0. The number of ketones is 1. The number of allylic oxidation sites excluding steroid dienone is 2. The van der Waals surface area contributed by atoms with Crippen LogP contribution in [-0.4, -0.2) is 33.3 Å². The standard InChI is InChI=1S/C25H26O6/c1-13(2)5-7-17-23-16(9-10-25(3,4)31-23)21(28)20-22(29)18(12-30-24(17)20)15-8-6-14(26)11-19(15)27/h5-6,8-11,18,26-28H,7,12H2,1-4H3/t18-/m0/s1. The van der Waals surface area contributed by atoms with Crippen LogP contribution in [0, 0.1) is 0 Å². The Balaban J connectivity index is 1.90. The van der Waals surface area contributed by atoms with Crippen LogP contribution in [0.25, 0.3) is 6.08 Å². The van der Waals surface area contributed by atoms with E-state index in [1.165, 1.54) is 18.2 Å². The van der Waals surface area contributed by atoms with Gasteiger partial charge in [0, 0.05) is 17.2 Å². The monoisotopic (exact) mass is 422 g/mol. The van der Waals surface area contributed by atoms with E-state index in [-0.39, 0.29) is 35.2 Å². The number of Topliss-reactive ketones (excluding diaryl/α,β-unsaturated/α-hetero) is 1. The third kappa shape index (κ3) is 3.63. The number of ether oxygens (including phenoxy) is 2. The molecule has 0 spiro atoms. The quantitative estimate of drug-likeness (QED) is 0.612. The fraction of sp³-hybridized carbons (Fsp3) is 0.320. The van der Waals surface area contributed by atoms with E-state index in [1.807, 2.05) is 39.8 Å². The first kappa shape index (κ1) is 20.8. The van der Waals surface area contributed by atoms with E-state index in [0.717, 1.165) is 5.57 Å². The number of aromatic hydroxyl groups is 3. The summed E-state index contributed by atoms with van der Waals surface area (Å²) in [6.07, 6.45) is 6.12. The van der Waals surface area contributed by atoms with Crippen LogP contribution < -0.4 is 9.47 Å². The van der Waals surface area contributed by atoms with Crippen LogP contribution in [0.2, 0.25) is 0 Å². The summed E-state index contributed by atoms with van der Waals surface area (Å²) < 4.78 is 12.2. The molecule has 6 nitrogen and oxygen atoms in total. The van der Waals surface area contributed by atoms with E-state index in [0.29, 0.717) is 34.6 Å². The fourth-order valence-electron chi connectivity index (χ4n) is 3.97. The molecule has 0 saturated heterocycles. The van der Waals surface area contributed by atoms with Crippen molar-refractivity contribution in [2.24, 2.45) is 0 Å². The fourth-order valence-corrected chi connectivity index (χ4v) is 3.97. The summed E-state index contributed by atoms with van der Waals surface area (Å²) in [6.45, 7) is 7.81. The van der Waals surface area contributed by atoms with Crippen molar-refractivity contribution in [1.29, 1.82) is 0 Å². The molecular weight excluding hydrogens is 396 g/mol. The van der Waals surface area contributed by atoms with Gasteiger partial charge < -0.3 is 24.8 Å². The molecule has 0 fully saturated rings. The Morgan fingerprint density at radius 2 is 1.94 bits per heavy atom. The van der Waals surface area contributed by atoms with Crippen molar-refractivity contribution in [2.75, 3.05) is 6.61 Å². The number of carbonyl (C=O) groups is 1. The van der Waals surface area contributed by atoms with E-state index < -0.39 is 11.5 Å². The molecule has 0 amide bonds. The predicted octanol–water partition coefficient (Wildman–Crippen LogP) is 4.86. The van der Waals surface area contributed by atoms with Crippen LogP contribution >= 0.6 is 0 Å². The minimum absolute atomic E-state index is 0.00342. The topological polar surface area (TPSA) is 96.2 Å². The van der Waals surface area contributed by atoms with Crippen LogP contribution in [0.1, 0.15) is 60.7 Å². The maximum atomic E-state index is 13.5. The largest absolute Gasteiger partial charge is 0.508 e. The normalized spacial score (nSPS) is 18.5. The van der Waals surface area contributed by atoms with Gasteiger partial charge in [-0.15, -0.1) is 0 Å². The molecule has 6 heteroatoms. The van der Waals surface area contributed by atoms with Crippen molar-refractivity contribution < 1.29 is 29.6 Å². The minimum Gasteiger partial charge on any atom is -0.508 e. The summed E-state index contributed by atoms with van der Waals surface area (Å²) in [4.78, 5) is 13.5. The molecule has 0 bridgehead atoms. The third-order valence-electron chi connectivity index (χ3n) is 5.59. The van der Waals surface area contributed by atoms with Gasteiger partial charge in [0.2, 0.25) is 0 Å². The molecule has 31 heavy (non-hydrogen) atoms. The van der Waals surface area contributed by atoms with E-state index in [4.69, 9.17) is 9.47 Å². The van der Waals surface area contributed by atoms with Crippen molar-refractivity contribution >= 4 is 11.9 Å². The molecule has 0 aromatic heterocycles. The summed E-state index contributed by atoms with van der Waals surface area (Å²) in [5.41, 5.74) is 2.13. The van der Waals surface area contributed by atoms with Gasteiger partial charge in [-0.25, -0.2) is 0 Å². The molecule has 2 heterocycles. The highest BCUT2D eigenvalue weighted by atomic mass is 16.5. The van der Waals surface area contributed by atoms with Crippen molar-refractivity contribution in [2.45, 2.75) is 45.6 Å². The van der Waals surface area contributed by atoms with Gasteiger partial charge in [0.15, 0.2) is 5.78 Å². The van der Waals surface area contributed by atoms with Crippen LogP contribution in [-0.2, 0) is 6.42 Å². The highest BCUT2D eigenvalue weighted by Crippen LogP contribution is 2.51. The lowest BCUT2D eigenvalue weighted by atomic mass is 9.84. The highest BCUT2D eigenvalue weighted by molar-refractivity contribution is 6.08. The van der Waals surface area contributed by atoms with Crippen molar-refractivity contribution in [3.05, 3.63) is 58.2 Å². The Kier molecular flexibility index (Phi) is 4.96. The molecule has 1 atom stereocenters. The molecule has 0 unspecified atom stereocenters. The Labute approximate surface area is 181 Å². The van der Waals surface area contributed by atoms with Gasteiger partial charge >= 0.3 is 0 Å². The van der Waals surface area contributed by atoms with E-state index >= 15 is 0 Å².